The van der Waals surface area contributed by atoms with Crippen LogP contribution in [0.5, 0.6) is 23.0 Å². The summed E-state index contributed by atoms with van der Waals surface area (Å²) < 4.78 is 24.2. The number of aryl methyl sites for hydroxylation is 3. The average Bonchev–Trinajstić information content (AvgIpc) is 3.36. The molecule has 0 aliphatic heterocycles. The van der Waals surface area contributed by atoms with Gasteiger partial charge >= 0.3 is 0 Å². The Balaban J connectivity index is 0.00000497. The maximum atomic E-state index is 13.0. The van der Waals surface area contributed by atoms with Gasteiger partial charge in [-0.15, -0.1) is 0 Å². The minimum atomic E-state index is -0.106. The molecule has 4 aromatic carbocycles. The number of aromatic nitrogens is 1. The van der Waals surface area contributed by atoms with E-state index in [0.717, 1.165) is 57.8 Å². The van der Waals surface area contributed by atoms with Crippen LogP contribution >= 0.6 is 0 Å². The second-order valence-corrected chi connectivity index (χ2v) is 17.5. The second-order valence-electron chi connectivity index (χ2n) is 17.5. The van der Waals surface area contributed by atoms with Gasteiger partial charge in [-0.1, -0.05) is 123 Å². The number of hydrogen-bond acceptors (Lipinski definition) is 9. The van der Waals surface area contributed by atoms with Crippen molar-refractivity contribution in [2.75, 3.05) is 26.1 Å². The van der Waals surface area contributed by atoms with E-state index in [-0.39, 0.29) is 30.7 Å². The zero-order chi connectivity index (χ0) is 49.6. The van der Waals surface area contributed by atoms with Crippen molar-refractivity contribution in [3.63, 3.8) is 0 Å². The second kappa shape index (κ2) is 28.4. The molecular weight excluding hydrogens is 847 g/mol. The first-order valence-electron chi connectivity index (χ1n) is 25.1. The predicted molar refractivity (Wildman–Crippen MR) is 281 cm³/mol. The molecule has 0 radical (unpaired) electrons. The lowest BCUT2D eigenvalue weighted by atomic mass is 9.85. The van der Waals surface area contributed by atoms with Crippen LogP contribution in [0.1, 0.15) is 155 Å². The Kier molecular flexibility index (Phi) is 22.8. The number of rotatable bonds is 27. The van der Waals surface area contributed by atoms with Crippen LogP contribution in [0.25, 0.3) is 0 Å². The van der Waals surface area contributed by atoms with Gasteiger partial charge in [-0.25, -0.2) is 0 Å². The molecule has 3 unspecified atom stereocenters. The van der Waals surface area contributed by atoms with Gasteiger partial charge in [0.1, 0.15) is 13.2 Å². The summed E-state index contributed by atoms with van der Waals surface area (Å²) in [6, 6.07) is 28.4. The zero-order valence-electron chi connectivity index (χ0n) is 43.2. The first-order valence-corrected chi connectivity index (χ1v) is 25.1. The number of ether oxygens (including phenoxy) is 4. The van der Waals surface area contributed by atoms with Crippen LogP contribution in [0.4, 0.5) is 11.4 Å². The van der Waals surface area contributed by atoms with E-state index in [2.05, 4.69) is 89.3 Å². The van der Waals surface area contributed by atoms with E-state index < -0.39 is 0 Å². The Hall–Kier alpha value is -5.96. The molecule has 3 atom stereocenters. The van der Waals surface area contributed by atoms with Crippen LogP contribution in [0.3, 0.4) is 0 Å². The van der Waals surface area contributed by atoms with Crippen LogP contribution in [0.2, 0.25) is 0 Å². The summed E-state index contributed by atoms with van der Waals surface area (Å²) >= 11 is 0. The van der Waals surface area contributed by atoms with Gasteiger partial charge in [0.15, 0.2) is 34.6 Å². The van der Waals surface area contributed by atoms with Crippen molar-refractivity contribution in [1.82, 2.24) is 4.98 Å². The summed E-state index contributed by atoms with van der Waals surface area (Å²) in [6.07, 6.45) is 11.2. The van der Waals surface area contributed by atoms with Crippen LogP contribution in [0.15, 0.2) is 89.9 Å². The normalized spacial score (nSPS) is 12.4. The van der Waals surface area contributed by atoms with Gasteiger partial charge in [-0.05, 0) is 116 Å². The first kappa shape index (κ1) is 54.6. The molecule has 0 saturated carbocycles. The fourth-order valence-electron chi connectivity index (χ4n) is 8.61. The number of benzene rings is 4. The van der Waals surface area contributed by atoms with Gasteiger partial charge in [0.25, 0.3) is 0 Å². The molecule has 366 valence electrons. The molecule has 0 fully saturated rings. The van der Waals surface area contributed by atoms with Gasteiger partial charge in [0, 0.05) is 47.6 Å². The van der Waals surface area contributed by atoms with Gasteiger partial charge in [0.2, 0.25) is 0 Å². The lowest BCUT2D eigenvalue weighted by Crippen LogP contribution is -2.19. The summed E-state index contributed by atoms with van der Waals surface area (Å²) in [6.45, 7) is 21.5. The van der Waals surface area contributed by atoms with Crippen LogP contribution in [-0.4, -0.2) is 43.5 Å². The number of hydrogen-bond donors (Lipinski definition) is 1. The molecule has 1 N–H and O–H groups in total. The topological polar surface area (TPSA) is 108 Å². The highest BCUT2D eigenvalue weighted by Crippen LogP contribution is 2.37. The van der Waals surface area contributed by atoms with E-state index >= 15 is 0 Å². The number of anilines is 1. The number of nitrogens with zero attached hydrogens (tertiary/aromatic N) is 2. The molecule has 0 amide bonds. The monoisotopic (exact) mass is 926 g/mol. The molecule has 0 spiro atoms. The Morgan fingerprint density at radius 2 is 1.28 bits per heavy atom. The molecule has 0 saturated heterocycles. The number of Topliss-reactive ketones (excluding diaryl/α,β-unsaturated/α-hetero) is 2. The van der Waals surface area contributed by atoms with Crippen LogP contribution < -0.4 is 24.3 Å². The third kappa shape index (κ3) is 15.5. The molecule has 0 aliphatic rings. The molecule has 1 heterocycles. The highest BCUT2D eigenvalue weighted by atomic mass is 16.5. The van der Waals surface area contributed by atoms with Gasteiger partial charge < -0.3 is 24.3 Å². The number of ketones is 2. The molecule has 0 aliphatic carbocycles. The van der Waals surface area contributed by atoms with E-state index in [4.69, 9.17) is 28.9 Å². The zero-order valence-corrected chi connectivity index (χ0v) is 43.2. The fraction of sp³-hybridized carbons (Fsp3) is 0.458. The van der Waals surface area contributed by atoms with E-state index in [9.17, 15) is 9.59 Å². The number of carbonyl (C=O) groups excluding carboxylic acids is 2. The van der Waals surface area contributed by atoms with Gasteiger partial charge in [-0.3, -0.25) is 19.6 Å². The maximum absolute atomic E-state index is 13.0. The minimum Gasteiger partial charge on any atom is -0.493 e. The molecule has 9 heteroatoms. The standard InChI is InChI=1S/C57H73N3O6.C2H6/c1-11-19-41-25-26-46(44(15-5)27-41)29-47(38(6)13-3)35-59-53-33-57(55(64-10)31-51(53)40(8)62)66-37-49-24-18-23-48(60-49)36-65-56-32-52(50(39(7)61)30-54(56)63-9)58-34-42(20-12-2)28-45-22-17-16-21-43(45)14-4;1-2/h16-18,21-27,30-33,35,38,42,47,58H,11-15,19-20,28-29,34,36-37H2,1-10H3;1-2H3. The Labute approximate surface area is 408 Å². The highest BCUT2D eigenvalue weighted by molar-refractivity contribution is 6.01. The summed E-state index contributed by atoms with van der Waals surface area (Å²) in [5.74, 6) is 2.65. The van der Waals surface area contributed by atoms with Crippen molar-refractivity contribution in [2.45, 2.75) is 140 Å². The van der Waals surface area contributed by atoms with Crippen molar-refractivity contribution in [3.8, 4) is 23.0 Å². The minimum absolute atomic E-state index is 0.0591. The molecule has 9 nitrogen and oxygen atoms in total. The van der Waals surface area contributed by atoms with Gasteiger partial charge in [-0.2, -0.15) is 0 Å². The third-order valence-corrected chi connectivity index (χ3v) is 12.7. The number of carbonyl (C=O) groups is 2. The Morgan fingerprint density at radius 1 is 0.676 bits per heavy atom. The number of aliphatic imine (C=N–C) groups is 1. The van der Waals surface area contributed by atoms with Crippen molar-refractivity contribution in [3.05, 3.63) is 135 Å². The molecular formula is C59H79N3O6. The number of nitrogens with one attached hydrogen (secondary N) is 1. The number of pyridine rings is 1. The Bertz CT molecular complexity index is 2410. The molecule has 0 bridgehead atoms. The summed E-state index contributed by atoms with van der Waals surface area (Å²) in [4.78, 5) is 35.7. The molecule has 5 aromatic rings. The summed E-state index contributed by atoms with van der Waals surface area (Å²) in [7, 11) is 3.14. The molecule has 1 aromatic heterocycles. The highest BCUT2D eigenvalue weighted by Gasteiger charge is 2.21. The van der Waals surface area contributed by atoms with Crippen molar-refractivity contribution < 1.29 is 28.5 Å². The first-order chi connectivity index (χ1) is 32.9. The molecule has 68 heavy (non-hydrogen) atoms. The lowest BCUT2D eigenvalue weighted by molar-refractivity contribution is 0.100. The van der Waals surface area contributed by atoms with E-state index in [0.29, 0.717) is 75.3 Å². The Morgan fingerprint density at radius 3 is 1.85 bits per heavy atom. The van der Waals surface area contributed by atoms with E-state index in [1.165, 1.54) is 27.8 Å². The maximum Gasteiger partial charge on any atom is 0.163 e. The lowest BCUT2D eigenvalue weighted by Gasteiger charge is -2.21. The summed E-state index contributed by atoms with van der Waals surface area (Å²) in [5, 5.41) is 3.60. The SMILES string of the molecule is CC.CCCc1ccc(CC(C=Nc2cc(OCc3cccc(COc4cc(NCC(CCC)Cc5ccccc5CC)c(C(C)=O)cc4OC)n3)c(OC)cc2C(C)=O)C(C)CC)c(CC)c1. The van der Waals surface area contributed by atoms with Crippen molar-refractivity contribution in [1.29, 1.82) is 0 Å². The molecule has 5 rings (SSSR count). The van der Waals surface area contributed by atoms with Gasteiger partial charge in [0.05, 0.1) is 31.3 Å². The van der Waals surface area contributed by atoms with Crippen molar-refractivity contribution >= 4 is 29.2 Å². The van der Waals surface area contributed by atoms with Crippen LogP contribution in [0, 0.1) is 17.8 Å². The van der Waals surface area contributed by atoms with E-state index in [1.54, 1.807) is 46.3 Å². The third-order valence-electron chi connectivity index (χ3n) is 12.7. The van der Waals surface area contributed by atoms with Crippen molar-refractivity contribution in [2.24, 2.45) is 22.7 Å². The quantitative estimate of drug-likeness (QED) is 0.0410. The van der Waals surface area contributed by atoms with Crippen LogP contribution in [-0.2, 0) is 45.3 Å². The van der Waals surface area contributed by atoms with E-state index in [1.807, 2.05) is 44.3 Å². The average molecular weight is 926 g/mol. The predicted octanol–water partition coefficient (Wildman–Crippen LogP) is 14.4. The fourth-order valence-corrected chi connectivity index (χ4v) is 8.61. The summed E-state index contributed by atoms with van der Waals surface area (Å²) in [5.41, 5.74) is 10.5. The largest absolute Gasteiger partial charge is 0.493 e. The smallest absolute Gasteiger partial charge is 0.163 e. The number of methoxy groups -OCH3 is 2.